The number of amides is 1. The molecule has 2 aromatic heterocycles. The second-order valence-corrected chi connectivity index (χ2v) is 8.41. The van der Waals surface area contributed by atoms with Gasteiger partial charge in [-0.15, -0.1) is 0 Å². The number of nitrogens with one attached hydrogen (secondary N) is 1. The molecule has 3 heterocycles. The van der Waals surface area contributed by atoms with Crippen LogP contribution in [0, 0.1) is 0 Å². The first-order valence-electron chi connectivity index (χ1n) is 11.7. The van der Waals surface area contributed by atoms with Gasteiger partial charge in [-0.2, -0.15) is 0 Å². The van der Waals surface area contributed by atoms with Gasteiger partial charge >= 0.3 is 0 Å². The van der Waals surface area contributed by atoms with Gasteiger partial charge in [0.15, 0.2) is 0 Å². The minimum Gasteiger partial charge on any atom is -0.490 e. The number of nitrogens with two attached hydrogens (primary N) is 1. The van der Waals surface area contributed by atoms with E-state index in [4.69, 9.17) is 15.2 Å². The minimum atomic E-state index is -0.241. The van der Waals surface area contributed by atoms with Crippen LogP contribution in [0.5, 0.6) is 17.2 Å². The van der Waals surface area contributed by atoms with Crippen molar-refractivity contribution in [3.63, 3.8) is 0 Å². The molecule has 1 aliphatic rings. The predicted molar refractivity (Wildman–Crippen MR) is 136 cm³/mol. The maximum absolute atomic E-state index is 12.4. The zero-order valence-corrected chi connectivity index (χ0v) is 19.3. The van der Waals surface area contributed by atoms with Crippen LogP contribution >= 0.6 is 0 Å². The molecule has 8 nitrogen and oxygen atoms in total. The third-order valence-electron chi connectivity index (χ3n) is 5.95. The van der Waals surface area contributed by atoms with E-state index in [2.05, 4.69) is 20.2 Å². The number of hydrogen-bond acceptors (Lipinski definition) is 7. The van der Waals surface area contributed by atoms with Crippen LogP contribution in [0.1, 0.15) is 23.2 Å². The Morgan fingerprint density at radius 3 is 2.57 bits per heavy atom. The zero-order valence-electron chi connectivity index (χ0n) is 19.3. The van der Waals surface area contributed by atoms with Gasteiger partial charge in [0, 0.05) is 36.0 Å². The Bertz CT molecular complexity index is 1310. The highest BCUT2D eigenvalue weighted by atomic mass is 16.5. The fourth-order valence-electron chi connectivity index (χ4n) is 4.10. The predicted octanol–water partition coefficient (Wildman–Crippen LogP) is 4.73. The van der Waals surface area contributed by atoms with Gasteiger partial charge in [-0.3, -0.25) is 14.7 Å². The summed E-state index contributed by atoms with van der Waals surface area (Å²) in [6, 6.07) is 17.7. The fraction of sp³-hybridized carbons (Fsp3) is 0.222. The largest absolute Gasteiger partial charge is 0.490 e. The molecule has 4 aromatic rings. The molecule has 178 valence electrons. The average molecular weight is 470 g/mol. The van der Waals surface area contributed by atoms with Crippen LogP contribution in [0.25, 0.3) is 10.9 Å². The van der Waals surface area contributed by atoms with Gasteiger partial charge in [0.05, 0.1) is 11.2 Å². The SMILES string of the molecule is Nc1cc2c(Oc3ccc(C(=O)Nc4ccccn4)cc3)ccnc2cc1OCCN1CCCC1. The van der Waals surface area contributed by atoms with E-state index in [0.717, 1.165) is 30.5 Å². The molecule has 1 saturated heterocycles. The number of pyridine rings is 2. The lowest BCUT2D eigenvalue weighted by Gasteiger charge is -2.16. The number of carbonyl (C=O) groups excluding carboxylic acids is 1. The fourth-order valence-corrected chi connectivity index (χ4v) is 4.10. The molecular weight excluding hydrogens is 442 g/mol. The summed E-state index contributed by atoms with van der Waals surface area (Å²) in [6.45, 7) is 3.75. The van der Waals surface area contributed by atoms with Crippen molar-refractivity contribution in [1.82, 2.24) is 14.9 Å². The Hall–Kier alpha value is -4.17. The topological polar surface area (TPSA) is 103 Å². The normalized spacial score (nSPS) is 13.6. The number of hydrogen-bond donors (Lipinski definition) is 2. The van der Waals surface area contributed by atoms with E-state index in [1.165, 1.54) is 12.8 Å². The van der Waals surface area contributed by atoms with E-state index in [9.17, 15) is 4.79 Å². The summed E-state index contributed by atoms with van der Waals surface area (Å²) in [6.07, 6.45) is 5.83. The van der Waals surface area contributed by atoms with Crippen LogP contribution in [0.3, 0.4) is 0 Å². The number of benzene rings is 2. The molecular formula is C27H27N5O3. The second kappa shape index (κ2) is 10.4. The molecule has 3 N–H and O–H groups in total. The number of carbonyl (C=O) groups is 1. The van der Waals surface area contributed by atoms with Crippen molar-refractivity contribution in [2.24, 2.45) is 0 Å². The summed E-state index contributed by atoms with van der Waals surface area (Å²) in [5.74, 6) is 2.10. The number of anilines is 2. The van der Waals surface area contributed by atoms with Crippen molar-refractivity contribution in [2.75, 3.05) is 37.3 Å². The number of fused-ring (bicyclic) bond motifs is 1. The van der Waals surface area contributed by atoms with E-state index in [0.29, 0.717) is 40.9 Å². The summed E-state index contributed by atoms with van der Waals surface area (Å²) in [4.78, 5) is 23.4. The molecule has 5 rings (SSSR count). The van der Waals surface area contributed by atoms with Crippen LogP contribution in [-0.4, -0.2) is 47.0 Å². The summed E-state index contributed by atoms with van der Waals surface area (Å²) in [7, 11) is 0. The van der Waals surface area contributed by atoms with E-state index in [1.807, 2.05) is 18.2 Å². The Labute approximate surface area is 203 Å². The van der Waals surface area contributed by atoms with Crippen LogP contribution in [0.4, 0.5) is 11.5 Å². The summed E-state index contributed by atoms with van der Waals surface area (Å²) >= 11 is 0. The van der Waals surface area contributed by atoms with Crippen molar-refractivity contribution in [2.45, 2.75) is 12.8 Å². The molecule has 2 aromatic carbocycles. The van der Waals surface area contributed by atoms with Crippen LogP contribution < -0.4 is 20.5 Å². The van der Waals surface area contributed by atoms with Gasteiger partial charge < -0.3 is 20.5 Å². The molecule has 0 spiro atoms. The Morgan fingerprint density at radius 1 is 0.971 bits per heavy atom. The van der Waals surface area contributed by atoms with E-state index in [1.54, 1.807) is 54.9 Å². The van der Waals surface area contributed by atoms with Crippen LogP contribution in [-0.2, 0) is 0 Å². The third kappa shape index (κ3) is 5.50. The maximum atomic E-state index is 12.4. The van der Waals surface area contributed by atoms with Crippen molar-refractivity contribution >= 4 is 28.3 Å². The molecule has 0 bridgehead atoms. The molecule has 1 fully saturated rings. The summed E-state index contributed by atoms with van der Waals surface area (Å²) in [5, 5.41) is 3.55. The highest BCUT2D eigenvalue weighted by Crippen LogP contribution is 2.34. The molecule has 0 radical (unpaired) electrons. The number of nitrogens with zero attached hydrogens (tertiary/aromatic N) is 3. The van der Waals surface area contributed by atoms with Crippen molar-refractivity contribution in [3.05, 3.63) is 78.6 Å². The summed E-state index contributed by atoms with van der Waals surface area (Å²) in [5.41, 5.74) is 8.07. The molecule has 0 aliphatic carbocycles. The van der Waals surface area contributed by atoms with E-state index in [-0.39, 0.29) is 5.91 Å². The van der Waals surface area contributed by atoms with E-state index < -0.39 is 0 Å². The van der Waals surface area contributed by atoms with Gasteiger partial charge in [0.1, 0.15) is 29.7 Å². The zero-order chi connectivity index (χ0) is 24.0. The quantitative estimate of drug-likeness (QED) is 0.360. The molecule has 0 atom stereocenters. The summed E-state index contributed by atoms with van der Waals surface area (Å²) < 4.78 is 12.1. The van der Waals surface area contributed by atoms with E-state index >= 15 is 0 Å². The van der Waals surface area contributed by atoms with Crippen molar-refractivity contribution in [1.29, 1.82) is 0 Å². The molecule has 8 heteroatoms. The first-order chi connectivity index (χ1) is 17.2. The molecule has 1 amide bonds. The van der Waals surface area contributed by atoms with Crippen LogP contribution in [0.2, 0.25) is 0 Å². The van der Waals surface area contributed by atoms with Gasteiger partial charge in [-0.05, 0) is 74.5 Å². The van der Waals surface area contributed by atoms with Crippen molar-refractivity contribution in [3.8, 4) is 17.2 Å². The first kappa shape index (κ1) is 22.6. The van der Waals surface area contributed by atoms with Gasteiger partial charge in [-0.25, -0.2) is 4.98 Å². The number of nitrogen functional groups attached to an aromatic ring is 1. The van der Waals surface area contributed by atoms with Gasteiger partial charge in [0.2, 0.25) is 0 Å². The average Bonchev–Trinajstić information content (AvgIpc) is 3.39. The number of likely N-dealkylation sites (tertiary alicyclic amines) is 1. The first-order valence-corrected chi connectivity index (χ1v) is 11.7. The standard InChI is InChI=1S/C27H27N5O3/c28-22-17-21-23(18-25(22)34-16-15-32-13-3-4-14-32)29-12-10-24(21)35-20-8-6-19(7-9-20)27(33)31-26-5-1-2-11-30-26/h1-2,5-12,17-18H,3-4,13-16,28H2,(H,30,31,33). The minimum absolute atomic E-state index is 0.241. The smallest absolute Gasteiger partial charge is 0.256 e. The number of aromatic nitrogens is 2. The van der Waals surface area contributed by atoms with Gasteiger partial charge in [-0.1, -0.05) is 6.07 Å². The lowest BCUT2D eigenvalue weighted by Crippen LogP contribution is -2.25. The maximum Gasteiger partial charge on any atom is 0.256 e. The third-order valence-corrected chi connectivity index (χ3v) is 5.95. The Kier molecular flexibility index (Phi) is 6.72. The Balaban J connectivity index is 1.27. The molecule has 0 unspecified atom stereocenters. The monoisotopic (exact) mass is 469 g/mol. The molecule has 1 aliphatic heterocycles. The van der Waals surface area contributed by atoms with Crippen LogP contribution in [0.15, 0.2) is 73.1 Å². The second-order valence-electron chi connectivity index (χ2n) is 8.41. The molecule has 0 saturated carbocycles. The highest BCUT2D eigenvalue weighted by molar-refractivity contribution is 6.03. The lowest BCUT2D eigenvalue weighted by atomic mass is 10.1. The Morgan fingerprint density at radius 2 is 1.80 bits per heavy atom. The number of ether oxygens (including phenoxy) is 2. The van der Waals surface area contributed by atoms with Crippen molar-refractivity contribution < 1.29 is 14.3 Å². The molecule has 35 heavy (non-hydrogen) atoms. The lowest BCUT2D eigenvalue weighted by molar-refractivity contribution is 0.102. The number of rotatable bonds is 8. The van der Waals surface area contributed by atoms with Gasteiger partial charge in [0.25, 0.3) is 5.91 Å². The highest BCUT2D eigenvalue weighted by Gasteiger charge is 2.13.